The van der Waals surface area contributed by atoms with Crippen LogP contribution in [0.25, 0.3) is 0 Å². The molecule has 2 N–H and O–H groups in total. The normalized spacial score (nSPS) is 10.9. The molecule has 0 aliphatic heterocycles. The van der Waals surface area contributed by atoms with Gasteiger partial charge in [-0.05, 0) is 55.8 Å². The monoisotopic (exact) mass is 442 g/mol. The van der Waals surface area contributed by atoms with Crippen LogP contribution in [0.2, 0.25) is 0 Å². The molecule has 3 rings (SSSR count). The number of rotatable bonds is 5. The van der Waals surface area contributed by atoms with E-state index in [4.69, 9.17) is 0 Å². The second-order valence-electron chi connectivity index (χ2n) is 5.86. The summed E-state index contributed by atoms with van der Waals surface area (Å²) in [4.78, 5) is 0.778. The van der Waals surface area contributed by atoms with Crippen LogP contribution >= 0.6 is 11.3 Å². The van der Waals surface area contributed by atoms with Crippen molar-refractivity contribution in [3.63, 3.8) is 0 Å². The molecule has 4 nitrogen and oxygen atoms in total. The maximum absolute atomic E-state index is 14.3. The van der Waals surface area contributed by atoms with E-state index in [0.717, 1.165) is 28.3 Å². The summed E-state index contributed by atoms with van der Waals surface area (Å²) in [5.74, 6) is -3.20. The van der Waals surface area contributed by atoms with Crippen molar-refractivity contribution in [3.05, 3.63) is 70.4 Å². The highest BCUT2D eigenvalue weighted by atomic mass is 32.2. The minimum absolute atomic E-state index is 0.0252. The number of anilines is 3. The second kappa shape index (κ2) is 9.32. The zero-order valence-electron chi connectivity index (χ0n) is 16.3. The van der Waals surface area contributed by atoms with Gasteiger partial charge in [0.2, 0.25) is 0 Å². The summed E-state index contributed by atoms with van der Waals surface area (Å²) in [6.45, 7) is 7.42. The molecule has 0 fully saturated rings. The third kappa shape index (κ3) is 5.30. The average molecular weight is 443 g/mol. The number of benzene rings is 2. The maximum atomic E-state index is 14.3. The van der Waals surface area contributed by atoms with Crippen molar-refractivity contribution in [1.82, 2.24) is 0 Å². The molecule has 0 saturated heterocycles. The summed E-state index contributed by atoms with van der Waals surface area (Å²) in [6.07, 6.45) is 0. The summed E-state index contributed by atoms with van der Waals surface area (Å²) in [6, 6.07) is 9.07. The van der Waals surface area contributed by atoms with Crippen molar-refractivity contribution in [2.45, 2.75) is 31.9 Å². The fourth-order valence-electron chi connectivity index (χ4n) is 2.37. The molecular formula is C20H21F3N2O2S2. The van der Waals surface area contributed by atoms with Gasteiger partial charge in [-0.1, -0.05) is 19.9 Å². The van der Waals surface area contributed by atoms with Crippen LogP contribution in [0.15, 0.2) is 46.7 Å². The zero-order chi connectivity index (χ0) is 21.8. The lowest BCUT2D eigenvalue weighted by molar-refractivity contribution is 0.512. The predicted octanol–water partition coefficient (Wildman–Crippen LogP) is 6.35. The Balaban J connectivity index is 0.00000145. The van der Waals surface area contributed by atoms with Gasteiger partial charge < -0.3 is 5.32 Å². The highest BCUT2D eigenvalue weighted by molar-refractivity contribution is 7.94. The summed E-state index contributed by atoms with van der Waals surface area (Å²) in [5.41, 5.74) is -0.209. The van der Waals surface area contributed by atoms with Gasteiger partial charge in [0.15, 0.2) is 11.6 Å². The SMILES string of the molecule is CC.Cc1ccc(Nc2c(NS(=O)(=O)c3ccc(C)s3)ccc(F)c2F)c(F)c1. The van der Waals surface area contributed by atoms with Crippen molar-refractivity contribution in [1.29, 1.82) is 0 Å². The van der Waals surface area contributed by atoms with Gasteiger partial charge in [-0.2, -0.15) is 0 Å². The van der Waals surface area contributed by atoms with Gasteiger partial charge in [0.25, 0.3) is 10.0 Å². The standard InChI is InChI=1S/C18H15F3N2O2S2.C2H6/c1-10-3-6-14(13(20)9-10)22-18-15(7-5-12(19)17(18)21)23-27(24,25)16-8-4-11(2)26-16;1-2/h3-9,22-23H,1-2H3;1-2H3. The maximum Gasteiger partial charge on any atom is 0.271 e. The van der Waals surface area contributed by atoms with Gasteiger partial charge in [-0.15, -0.1) is 11.3 Å². The Morgan fingerprint density at radius 1 is 0.862 bits per heavy atom. The predicted molar refractivity (Wildman–Crippen MR) is 112 cm³/mol. The molecule has 0 spiro atoms. The molecule has 0 radical (unpaired) electrons. The van der Waals surface area contributed by atoms with E-state index in [0.29, 0.717) is 5.56 Å². The Kier molecular flexibility index (Phi) is 7.32. The van der Waals surface area contributed by atoms with Crippen LogP contribution in [0.3, 0.4) is 0 Å². The summed E-state index contributed by atoms with van der Waals surface area (Å²) in [5, 5.41) is 2.44. The van der Waals surface area contributed by atoms with Crippen LogP contribution in [-0.2, 0) is 10.0 Å². The Morgan fingerprint density at radius 2 is 1.52 bits per heavy atom. The lowest BCUT2D eigenvalue weighted by Gasteiger charge is -2.15. The summed E-state index contributed by atoms with van der Waals surface area (Å²) in [7, 11) is -4.01. The van der Waals surface area contributed by atoms with E-state index in [1.54, 1.807) is 26.0 Å². The first-order chi connectivity index (χ1) is 13.7. The van der Waals surface area contributed by atoms with Gasteiger partial charge in [-0.3, -0.25) is 4.72 Å². The lowest BCUT2D eigenvalue weighted by atomic mass is 10.2. The van der Waals surface area contributed by atoms with E-state index >= 15 is 0 Å². The van der Waals surface area contributed by atoms with E-state index in [1.807, 2.05) is 13.8 Å². The van der Waals surface area contributed by atoms with E-state index in [-0.39, 0.29) is 15.6 Å². The topological polar surface area (TPSA) is 58.2 Å². The third-order valence-electron chi connectivity index (χ3n) is 3.70. The molecule has 0 bridgehead atoms. The first kappa shape index (κ1) is 22.8. The zero-order valence-corrected chi connectivity index (χ0v) is 17.9. The summed E-state index contributed by atoms with van der Waals surface area (Å²) >= 11 is 1.04. The fourth-order valence-corrected chi connectivity index (χ4v) is 4.72. The first-order valence-electron chi connectivity index (χ1n) is 8.78. The van der Waals surface area contributed by atoms with Crippen molar-refractivity contribution < 1.29 is 21.6 Å². The largest absolute Gasteiger partial charge is 0.349 e. The summed E-state index contributed by atoms with van der Waals surface area (Å²) < 4.78 is 69.4. The van der Waals surface area contributed by atoms with E-state index in [2.05, 4.69) is 10.0 Å². The minimum Gasteiger partial charge on any atom is -0.349 e. The van der Waals surface area contributed by atoms with Crippen LogP contribution in [0.1, 0.15) is 24.3 Å². The van der Waals surface area contributed by atoms with Gasteiger partial charge >= 0.3 is 0 Å². The highest BCUT2D eigenvalue weighted by Gasteiger charge is 2.22. The highest BCUT2D eigenvalue weighted by Crippen LogP contribution is 2.33. The molecule has 0 aliphatic rings. The molecule has 3 aromatic rings. The molecule has 156 valence electrons. The van der Waals surface area contributed by atoms with Gasteiger partial charge in [-0.25, -0.2) is 21.6 Å². The van der Waals surface area contributed by atoms with E-state index in [9.17, 15) is 21.6 Å². The fraction of sp³-hybridized carbons (Fsp3) is 0.200. The quantitative estimate of drug-likeness (QED) is 0.484. The molecule has 0 aliphatic carbocycles. The minimum atomic E-state index is -4.01. The van der Waals surface area contributed by atoms with Gasteiger partial charge in [0.1, 0.15) is 15.7 Å². The smallest absolute Gasteiger partial charge is 0.271 e. The number of hydrogen-bond acceptors (Lipinski definition) is 4. The number of nitrogens with one attached hydrogen (secondary N) is 2. The van der Waals surface area contributed by atoms with Crippen LogP contribution in [0, 0.1) is 31.3 Å². The molecule has 0 amide bonds. The molecule has 0 saturated carbocycles. The van der Waals surface area contributed by atoms with Crippen LogP contribution < -0.4 is 10.0 Å². The second-order valence-corrected chi connectivity index (χ2v) is 9.06. The molecular weight excluding hydrogens is 421 g/mol. The van der Waals surface area contributed by atoms with Crippen molar-refractivity contribution in [2.75, 3.05) is 10.0 Å². The number of thiophene rings is 1. The van der Waals surface area contributed by atoms with Crippen molar-refractivity contribution in [2.24, 2.45) is 0 Å². The molecule has 2 aromatic carbocycles. The van der Waals surface area contributed by atoms with E-state index in [1.165, 1.54) is 18.2 Å². The molecule has 0 atom stereocenters. The van der Waals surface area contributed by atoms with Crippen LogP contribution in [0.5, 0.6) is 0 Å². The number of aryl methyl sites for hydroxylation is 2. The third-order valence-corrected chi connectivity index (χ3v) is 6.56. The van der Waals surface area contributed by atoms with Crippen molar-refractivity contribution >= 4 is 38.4 Å². The molecule has 9 heteroatoms. The van der Waals surface area contributed by atoms with Gasteiger partial charge in [0, 0.05) is 4.88 Å². The molecule has 0 unspecified atom stereocenters. The Morgan fingerprint density at radius 3 is 2.10 bits per heavy atom. The molecule has 29 heavy (non-hydrogen) atoms. The molecule has 1 heterocycles. The molecule has 1 aromatic heterocycles. The van der Waals surface area contributed by atoms with Crippen LogP contribution in [-0.4, -0.2) is 8.42 Å². The number of hydrogen-bond donors (Lipinski definition) is 2. The Labute approximate surface area is 172 Å². The first-order valence-corrected chi connectivity index (χ1v) is 11.1. The Hall–Kier alpha value is -2.52. The number of halogens is 3. The number of sulfonamides is 1. The van der Waals surface area contributed by atoms with Crippen LogP contribution in [0.4, 0.5) is 30.2 Å². The van der Waals surface area contributed by atoms with Crippen molar-refractivity contribution in [3.8, 4) is 0 Å². The van der Waals surface area contributed by atoms with Gasteiger partial charge in [0.05, 0.1) is 11.4 Å². The Bertz CT molecular complexity index is 1110. The average Bonchev–Trinajstić information content (AvgIpc) is 3.12. The van der Waals surface area contributed by atoms with E-state index < -0.39 is 33.2 Å². The lowest BCUT2D eigenvalue weighted by Crippen LogP contribution is -2.14.